The summed E-state index contributed by atoms with van der Waals surface area (Å²) < 4.78 is 5.66. The molecule has 1 unspecified atom stereocenters. The van der Waals surface area contributed by atoms with E-state index in [2.05, 4.69) is 17.2 Å². The van der Waals surface area contributed by atoms with E-state index in [1.807, 2.05) is 48.4 Å². The molecule has 1 aromatic heterocycles. The summed E-state index contributed by atoms with van der Waals surface area (Å²) in [7, 11) is 0. The van der Waals surface area contributed by atoms with Gasteiger partial charge in [0.05, 0.1) is 6.10 Å². The van der Waals surface area contributed by atoms with E-state index in [-0.39, 0.29) is 30.5 Å². The van der Waals surface area contributed by atoms with E-state index < -0.39 is 0 Å². The molecule has 136 valence electrons. The minimum atomic E-state index is 0. The van der Waals surface area contributed by atoms with Crippen molar-refractivity contribution in [1.29, 1.82) is 0 Å². The summed E-state index contributed by atoms with van der Waals surface area (Å²) in [6.07, 6.45) is 0.154. The Hall–Kier alpha value is -1.63. The number of nitrogens with one attached hydrogen (secondary N) is 1. The summed E-state index contributed by atoms with van der Waals surface area (Å²) in [5, 5.41) is 6.01. The first-order valence-corrected chi connectivity index (χ1v) is 9.17. The third-order valence-electron chi connectivity index (χ3n) is 3.96. The quantitative estimate of drug-likeness (QED) is 0.881. The number of hydrogen-bond acceptors (Lipinski definition) is 5. The van der Waals surface area contributed by atoms with Gasteiger partial charge in [0.25, 0.3) is 5.91 Å². The predicted molar refractivity (Wildman–Crippen MR) is 104 cm³/mol. The van der Waals surface area contributed by atoms with E-state index in [0.29, 0.717) is 5.69 Å². The Bertz CT molecular complexity index is 703. The van der Waals surface area contributed by atoms with Gasteiger partial charge in [-0.05, 0) is 45.0 Å². The molecule has 5 nitrogen and oxygen atoms in total. The predicted octanol–water partition coefficient (Wildman–Crippen LogP) is 3.45. The summed E-state index contributed by atoms with van der Waals surface area (Å²) in [6, 6.07) is 8.05. The molecule has 1 aliphatic rings. The zero-order valence-electron chi connectivity index (χ0n) is 14.7. The molecule has 7 heteroatoms. The fourth-order valence-corrected chi connectivity index (χ4v) is 3.54. The number of ether oxygens (including phenoxy) is 1. The molecule has 3 rings (SSSR count). The number of thiazole rings is 1. The molecule has 1 aliphatic heterocycles. The van der Waals surface area contributed by atoms with E-state index >= 15 is 0 Å². The third kappa shape index (κ3) is 4.71. The second-order valence-corrected chi connectivity index (χ2v) is 7.14. The van der Waals surface area contributed by atoms with Gasteiger partial charge in [-0.15, -0.1) is 23.7 Å². The van der Waals surface area contributed by atoms with E-state index in [1.54, 1.807) is 0 Å². The molecule has 0 bridgehead atoms. The van der Waals surface area contributed by atoms with Gasteiger partial charge in [-0.2, -0.15) is 0 Å². The van der Waals surface area contributed by atoms with Gasteiger partial charge in [-0.1, -0.05) is 0 Å². The average Bonchev–Trinajstić information content (AvgIpc) is 3.05. The highest BCUT2D eigenvalue weighted by molar-refractivity contribution is 7.13. The zero-order chi connectivity index (χ0) is 17.1. The van der Waals surface area contributed by atoms with Crippen molar-refractivity contribution in [3.63, 3.8) is 0 Å². The Kier molecular flexibility index (Phi) is 6.81. The number of carbonyl (C=O) groups excluding carboxylic acids is 1. The number of rotatable bonds is 4. The van der Waals surface area contributed by atoms with Crippen LogP contribution in [0.3, 0.4) is 0 Å². The monoisotopic (exact) mass is 381 g/mol. The molecule has 1 saturated heterocycles. The van der Waals surface area contributed by atoms with Crippen LogP contribution in [0.1, 0.15) is 31.3 Å². The van der Waals surface area contributed by atoms with E-state index in [1.165, 1.54) is 11.3 Å². The maximum atomic E-state index is 12.7. The number of hydrogen-bond donors (Lipinski definition) is 1. The largest absolute Gasteiger partial charge is 0.491 e. The number of piperazine rings is 1. The van der Waals surface area contributed by atoms with Crippen molar-refractivity contribution >= 4 is 29.7 Å². The van der Waals surface area contributed by atoms with Crippen molar-refractivity contribution < 1.29 is 9.53 Å². The standard InChI is InChI=1S/C18H23N3O2S.ClH/c1-12(2)23-15-6-4-14(5-7-15)17-20-16(11-24-17)18(22)21-9-8-19-10-13(21)3;/h4-7,11-13,19H,8-10H2,1-3H3;1H. The molecule has 1 amide bonds. The van der Waals surface area contributed by atoms with Gasteiger partial charge in [0.1, 0.15) is 16.5 Å². The Morgan fingerprint density at radius 1 is 1.36 bits per heavy atom. The number of nitrogens with zero attached hydrogens (tertiary/aromatic N) is 2. The van der Waals surface area contributed by atoms with Crippen LogP contribution in [-0.4, -0.2) is 47.6 Å². The van der Waals surface area contributed by atoms with Crippen LogP contribution in [-0.2, 0) is 0 Å². The van der Waals surface area contributed by atoms with Crippen molar-refractivity contribution in [1.82, 2.24) is 15.2 Å². The van der Waals surface area contributed by atoms with Gasteiger partial charge in [-0.3, -0.25) is 4.79 Å². The Morgan fingerprint density at radius 3 is 2.72 bits per heavy atom. The van der Waals surface area contributed by atoms with E-state index in [4.69, 9.17) is 4.74 Å². The molecule has 1 atom stereocenters. The zero-order valence-corrected chi connectivity index (χ0v) is 16.3. The molecule has 0 saturated carbocycles. The minimum absolute atomic E-state index is 0. The van der Waals surface area contributed by atoms with Crippen LogP contribution in [0.5, 0.6) is 5.75 Å². The van der Waals surface area contributed by atoms with Gasteiger partial charge >= 0.3 is 0 Å². The SMILES string of the molecule is CC(C)Oc1ccc(-c2nc(C(=O)N3CCNCC3C)cs2)cc1.Cl. The van der Waals surface area contributed by atoms with Gasteiger partial charge in [0.2, 0.25) is 0 Å². The molecule has 0 radical (unpaired) electrons. The lowest BCUT2D eigenvalue weighted by Crippen LogP contribution is -2.52. The first kappa shape index (κ1) is 19.7. The minimum Gasteiger partial charge on any atom is -0.491 e. The van der Waals surface area contributed by atoms with Crippen LogP contribution in [0.25, 0.3) is 10.6 Å². The molecule has 1 aromatic carbocycles. The van der Waals surface area contributed by atoms with Gasteiger partial charge in [0, 0.05) is 36.6 Å². The van der Waals surface area contributed by atoms with Crippen molar-refractivity contribution in [3.05, 3.63) is 35.3 Å². The lowest BCUT2D eigenvalue weighted by Gasteiger charge is -2.33. The molecule has 0 spiro atoms. The summed E-state index contributed by atoms with van der Waals surface area (Å²) in [4.78, 5) is 19.1. The normalized spacial score (nSPS) is 17.3. The highest BCUT2D eigenvalue weighted by Gasteiger charge is 2.25. The van der Waals surface area contributed by atoms with Crippen LogP contribution in [0.2, 0.25) is 0 Å². The molecule has 25 heavy (non-hydrogen) atoms. The topological polar surface area (TPSA) is 54.5 Å². The fraction of sp³-hybridized carbons (Fsp3) is 0.444. The molecule has 2 aromatic rings. The molecule has 0 aliphatic carbocycles. The van der Waals surface area contributed by atoms with Crippen LogP contribution < -0.4 is 10.1 Å². The smallest absolute Gasteiger partial charge is 0.273 e. The number of halogens is 1. The van der Waals surface area contributed by atoms with Crippen LogP contribution in [0, 0.1) is 0 Å². The summed E-state index contributed by atoms with van der Waals surface area (Å²) in [5.41, 5.74) is 1.54. The van der Waals surface area contributed by atoms with Gasteiger partial charge in [-0.25, -0.2) is 4.98 Å². The van der Waals surface area contributed by atoms with Gasteiger partial charge < -0.3 is 15.0 Å². The van der Waals surface area contributed by atoms with Crippen molar-refractivity contribution in [2.24, 2.45) is 0 Å². The third-order valence-corrected chi connectivity index (χ3v) is 4.85. The van der Waals surface area contributed by atoms with Crippen LogP contribution in [0.15, 0.2) is 29.6 Å². The van der Waals surface area contributed by atoms with Crippen LogP contribution >= 0.6 is 23.7 Å². The summed E-state index contributed by atoms with van der Waals surface area (Å²) in [6.45, 7) is 8.47. The number of amides is 1. The number of aromatic nitrogens is 1. The average molecular weight is 382 g/mol. The Balaban J connectivity index is 0.00000225. The molecular formula is C18H24ClN3O2S. The van der Waals surface area contributed by atoms with Crippen molar-refractivity contribution in [3.8, 4) is 16.3 Å². The van der Waals surface area contributed by atoms with E-state index in [9.17, 15) is 4.79 Å². The number of benzene rings is 1. The maximum Gasteiger partial charge on any atom is 0.273 e. The van der Waals surface area contributed by atoms with E-state index in [0.717, 1.165) is 36.0 Å². The number of carbonyl (C=O) groups is 1. The lowest BCUT2D eigenvalue weighted by molar-refractivity contribution is 0.0650. The second kappa shape index (κ2) is 8.65. The van der Waals surface area contributed by atoms with Crippen molar-refractivity contribution in [2.75, 3.05) is 19.6 Å². The van der Waals surface area contributed by atoms with Gasteiger partial charge in [0.15, 0.2) is 0 Å². The first-order valence-electron chi connectivity index (χ1n) is 8.29. The highest BCUT2D eigenvalue weighted by atomic mass is 35.5. The van der Waals surface area contributed by atoms with Crippen molar-refractivity contribution in [2.45, 2.75) is 32.9 Å². The molecular weight excluding hydrogens is 358 g/mol. The summed E-state index contributed by atoms with van der Waals surface area (Å²) in [5.74, 6) is 0.863. The Morgan fingerprint density at radius 2 is 2.08 bits per heavy atom. The Labute approximate surface area is 158 Å². The maximum absolute atomic E-state index is 12.7. The molecule has 1 N–H and O–H groups in total. The fourth-order valence-electron chi connectivity index (χ4n) is 2.74. The molecule has 1 fully saturated rings. The summed E-state index contributed by atoms with van der Waals surface area (Å²) >= 11 is 1.50. The molecule has 2 heterocycles. The lowest BCUT2D eigenvalue weighted by atomic mass is 10.2. The first-order chi connectivity index (χ1) is 11.5. The second-order valence-electron chi connectivity index (χ2n) is 6.28. The van der Waals surface area contributed by atoms with Crippen LogP contribution in [0.4, 0.5) is 0 Å². The highest BCUT2D eigenvalue weighted by Crippen LogP contribution is 2.27.